The Morgan fingerprint density at radius 3 is 2.33 bits per heavy atom. The molecule has 1 N–H and O–H groups in total. The molecular weight excluding hydrogens is 368 g/mol. The Hall–Kier alpha value is -2.14. The van der Waals surface area contributed by atoms with Gasteiger partial charge in [0.2, 0.25) is 11.8 Å². The molecule has 2 amide bonds. The summed E-state index contributed by atoms with van der Waals surface area (Å²) >= 11 is 3.40. The van der Waals surface area contributed by atoms with Crippen molar-refractivity contribution in [2.24, 2.45) is 0 Å². The molecule has 0 saturated heterocycles. The van der Waals surface area contributed by atoms with Crippen molar-refractivity contribution in [1.82, 2.24) is 4.90 Å². The third kappa shape index (κ3) is 4.93. The summed E-state index contributed by atoms with van der Waals surface area (Å²) in [4.78, 5) is 25.9. The number of amides is 2. The van der Waals surface area contributed by atoms with Gasteiger partial charge in [0.15, 0.2) is 0 Å². The molecule has 2 rings (SSSR count). The molecule has 0 saturated carbocycles. The highest BCUT2D eigenvalue weighted by Crippen LogP contribution is 2.22. The summed E-state index contributed by atoms with van der Waals surface area (Å²) in [6.45, 7) is 3.88. The molecule has 24 heavy (non-hydrogen) atoms. The van der Waals surface area contributed by atoms with Gasteiger partial charge >= 0.3 is 0 Å². The summed E-state index contributed by atoms with van der Waals surface area (Å²) in [5, 5.41) is 2.86. The molecule has 4 nitrogen and oxygen atoms in total. The lowest BCUT2D eigenvalue weighted by molar-refractivity contribution is -0.131. The summed E-state index contributed by atoms with van der Waals surface area (Å²) < 4.78 is 0.833. The second-order valence-corrected chi connectivity index (χ2v) is 6.43. The zero-order chi connectivity index (χ0) is 17.5. The third-order valence-electron chi connectivity index (χ3n) is 3.88. The van der Waals surface area contributed by atoms with Gasteiger partial charge in [0.25, 0.3) is 0 Å². The Morgan fingerprint density at radius 1 is 1.08 bits per heavy atom. The van der Waals surface area contributed by atoms with Crippen molar-refractivity contribution in [1.29, 1.82) is 0 Å². The van der Waals surface area contributed by atoms with Crippen molar-refractivity contribution in [3.05, 3.63) is 64.6 Å². The molecule has 1 unspecified atom stereocenters. The number of hydrogen-bond donors (Lipinski definition) is 1. The molecule has 0 aliphatic rings. The number of carbonyl (C=O) groups excluding carboxylic acids is 2. The van der Waals surface area contributed by atoms with E-state index in [1.807, 2.05) is 61.5 Å². The Labute approximate surface area is 151 Å². The van der Waals surface area contributed by atoms with E-state index >= 15 is 0 Å². The normalized spacial score (nSPS) is 11.6. The van der Waals surface area contributed by atoms with Gasteiger partial charge in [-0.2, -0.15) is 0 Å². The van der Waals surface area contributed by atoms with Gasteiger partial charge in [-0.15, -0.1) is 0 Å². The van der Waals surface area contributed by atoms with E-state index in [2.05, 4.69) is 21.2 Å². The zero-order valence-corrected chi connectivity index (χ0v) is 15.4. The molecule has 0 fully saturated rings. The molecule has 0 aliphatic carbocycles. The minimum atomic E-state index is -0.117. The fourth-order valence-corrected chi connectivity index (χ4v) is 2.92. The third-order valence-corrected chi connectivity index (χ3v) is 4.57. The summed E-state index contributed by atoms with van der Waals surface area (Å²) in [5.74, 6) is -0.159. The van der Waals surface area contributed by atoms with Crippen LogP contribution in [0.3, 0.4) is 0 Å². The van der Waals surface area contributed by atoms with Crippen LogP contribution in [0.2, 0.25) is 0 Å². The monoisotopic (exact) mass is 388 g/mol. The Bertz CT molecular complexity index is 704. The van der Waals surface area contributed by atoms with E-state index in [9.17, 15) is 9.59 Å². The van der Waals surface area contributed by atoms with Crippen molar-refractivity contribution < 1.29 is 9.59 Å². The maximum atomic E-state index is 12.2. The number of rotatable bonds is 6. The van der Waals surface area contributed by atoms with E-state index in [0.29, 0.717) is 6.54 Å². The Morgan fingerprint density at radius 2 is 1.71 bits per heavy atom. The predicted octanol–water partition coefficient (Wildman–Crippen LogP) is 4.39. The van der Waals surface area contributed by atoms with Gasteiger partial charge in [-0.05, 0) is 40.5 Å². The topological polar surface area (TPSA) is 49.4 Å². The van der Waals surface area contributed by atoms with Crippen LogP contribution in [0.4, 0.5) is 5.69 Å². The molecule has 2 aromatic rings. The van der Waals surface area contributed by atoms with E-state index in [-0.39, 0.29) is 24.3 Å². The largest absolute Gasteiger partial charge is 0.336 e. The SMILES string of the molecule is CC(=O)N(CCC(=O)Nc1ccccc1Br)C(C)c1ccccc1. The fourth-order valence-electron chi connectivity index (χ4n) is 2.53. The minimum Gasteiger partial charge on any atom is -0.336 e. The van der Waals surface area contributed by atoms with Gasteiger partial charge in [-0.3, -0.25) is 9.59 Å². The summed E-state index contributed by atoms with van der Waals surface area (Å²) in [6.07, 6.45) is 0.248. The van der Waals surface area contributed by atoms with Crippen molar-refractivity contribution >= 4 is 33.4 Å². The van der Waals surface area contributed by atoms with Crippen LogP contribution < -0.4 is 5.32 Å². The number of para-hydroxylation sites is 1. The number of carbonyl (C=O) groups is 2. The van der Waals surface area contributed by atoms with Crippen LogP contribution in [0.15, 0.2) is 59.1 Å². The van der Waals surface area contributed by atoms with E-state index in [0.717, 1.165) is 15.7 Å². The predicted molar refractivity (Wildman–Crippen MR) is 99.6 cm³/mol. The number of nitrogens with zero attached hydrogens (tertiary/aromatic N) is 1. The zero-order valence-electron chi connectivity index (χ0n) is 13.8. The molecule has 0 aromatic heterocycles. The van der Waals surface area contributed by atoms with Crippen molar-refractivity contribution in [2.75, 3.05) is 11.9 Å². The molecule has 126 valence electrons. The molecule has 0 spiro atoms. The number of nitrogens with one attached hydrogen (secondary N) is 1. The second-order valence-electron chi connectivity index (χ2n) is 5.58. The lowest BCUT2D eigenvalue weighted by Crippen LogP contribution is -2.34. The number of halogens is 1. The van der Waals surface area contributed by atoms with E-state index in [4.69, 9.17) is 0 Å². The number of hydrogen-bond acceptors (Lipinski definition) is 2. The molecular formula is C19H21BrN2O2. The molecule has 0 bridgehead atoms. The van der Waals surface area contributed by atoms with Crippen LogP contribution in [-0.2, 0) is 9.59 Å². The fraction of sp³-hybridized carbons (Fsp3) is 0.263. The maximum absolute atomic E-state index is 12.2. The van der Waals surface area contributed by atoms with Gasteiger partial charge in [0, 0.05) is 24.4 Å². The van der Waals surface area contributed by atoms with Crippen molar-refractivity contribution in [2.45, 2.75) is 26.3 Å². The molecule has 0 radical (unpaired) electrons. The molecule has 1 atom stereocenters. The van der Waals surface area contributed by atoms with Gasteiger partial charge < -0.3 is 10.2 Å². The maximum Gasteiger partial charge on any atom is 0.226 e. The highest BCUT2D eigenvalue weighted by molar-refractivity contribution is 9.10. The number of anilines is 1. The number of benzene rings is 2. The first-order chi connectivity index (χ1) is 11.5. The Balaban J connectivity index is 1.98. The molecule has 2 aromatic carbocycles. The van der Waals surface area contributed by atoms with E-state index < -0.39 is 0 Å². The molecule has 5 heteroatoms. The second kappa shape index (κ2) is 8.64. The van der Waals surface area contributed by atoms with Crippen molar-refractivity contribution in [3.8, 4) is 0 Å². The average molecular weight is 389 g/mol. The van der Waals surface area contributed by atoms with Crippen LogP contribution in [0, 0.1) is 0 Å². The highest BCUT2D eigenvalue weighted by atomic mass is 79.9. The van der Waals surface area contributed by atoms with E-state index in [1.54, 1.807) is 4.90 Å². The first-order valence-electron chi connectivity index (χ1n) is 7.85. The summed E-state index contributed by atoms with van der Waals surface area (Å²) in [5.41, 5.74) is 1.78. The van der Waals surface area contributed by atoms with Crippen LogP contribution in [-0.4, -0.2) is 23.3 Å². The average Bonchev–Trinajstić information content (AvgIpc) is 2.57. The van der Waals surface area contributed by atoms with Gasteiger partial charge in [-0.25, -0.2) is 0 Å². The van der Waals surface area contributed by atoms with Crippen LogP contribution in [0.1, 0.15) is 31.9 Å². The molecule has 0 aliphatic heterocycles. The first kappa shape index (κ1) is 18.2. The van der Waals surface area contributed by atoms with Crippen molar-refractivity contribution in [3.63, 3.8) is 0 Å². The lowest BCUT2D eigenvalue weighted by Gasteiger charge is -2.28. The molecule has 0 heterocycles. The van der Waals surface area contributed by atoms with Gasteiger partial charge in [-0.1, -0.05) is 42.5 Å². The summed E-state index contributed by atoms with van der Waals surface area (Å²) in [6, 6.07) is 17.2. The van der Waals surface area contributed by atoms with Gasteiger partial charge in [0.1, 0.15) is 0 Å². The quantitative estimate of drug-likeness (QED) is 0.797. The Kier molecular flexibility index (Phi) is 6.55. The van der Waals surface area contributed by atoms with Crippen LogP contribution >= 0.6 is 15.9 Å². The first-order valence-corrected chi connectivity index (χ1v) is 8.65. The smallest absolute Gasteiger partial charge is 0.226 e. The standard InChI is InChI=1S/C19H21BrN2O2/c1-14(16-8-4-3-5-9-16)22(15(2)23)13-12-19(24)21-18-11-7-6-10-17(18)20/h3-11,14H,12-13H2,1-2H3,(H,21,24). The minimum absolute atomic E-state index is 0.0416. The summed E-state index contributed by atoms with van der Waals surface area (Å²) in [7, 11) is 0. The lowest BCUT2D eigenvalue weighted by atomic mass is 10.1. The van der Waals surface area contributed by atoms with Crippen LogP contribution in [0.5, 0.6) is 0 Å². The van der Waals surface area contributed by atoms with Gasteiger partial charge in [0.05, 0.1) is 11.7 Å². The highest BCUT2D eigenvalue weighted by Gasteiger charge is 2.19. The van der Waals surface area contributed by atoms with E-state index in [1.165, 1.54) is 6.92 Å². The van der Waals surface area contributed by atoms with Crippen LogP contribution in [0.25, 0.3) is 0 Å².